The number of ether oxygens (including phenoxy) is 1. The molecule has 2 aromatic heterocycles. The lowest BCUT2D eigenvalue weighted by Gasteiger charge is -2.26. The van der Waals surface area contributed by atoms with Crippen LogP contribution in [0.2, 0.25) is 0 Å². The number of carbonyl (C=O) groups excluding carboxylic acids is 2. The monoisotopic (exact) mass is 519 g/mol. The number of nitrogens with one attached hydrogen (secondary N) is 2. The van der Waals surface area contributed by atoms with E-state index in [1.807, 2.05) is 0 Å². The number of benzene rings is 1. The summed E-state index contributed by atoms with van der Waals surface area (Å²) in [6, 6.07) is 3.72. The Hall–Kier alpha value is -4.43. The van der Waals surface area contributed by atoms with E-state index in [1.54, 1.807) is 25.2 Å². The molecule has 3 amide bonds. The van der Waals surface area contributed by atoms with Crippen molar-refractivity contribution in [1.82, 2.24) is 35.2 Å². The van der Waals surface area contributed by atoms with Crippen molar-refractivity contribution in [1.29, 1.82) is 0 Å². The number of rotatable bonds is 7. The van der Waals surface area contributed by atoms with Gasteiger partial charge >= 0.3 is 12.2 Å². The number of hydrogen-bond acceptors (Lipinski definition) is 8. The normalized spacial score (nSPS) is 14.6. The van der Waals surface area contributed by atoms with Crippen molar-refractivity contribution in [3.8, 4) is 17.1 Å². The van der Waals surface area contributed by atoms with Crippen molar-refractivity contribution in [3.05, 3.63) is 36.3 Å². The third-order valence-corrected chi connectivity index (χ3v) is 5.81. The molecule has 1 unspecified atom stereocenters. The van der Waals surface area contributed by atoms with Crippen LogP contribution in [0.4, 0.5) is 35.2 Å². The Morgan fingerprint density at radius 1 is 1.19 bits per heavy atom. The summed E-state index contributed by atoms with van der Waals surface area (Å²) >= 11 is 0. The molecule has 0 spiro atoms. The summed E-state index contributed by atoms with van der Waals surface area (Å²) < 4.78 is 46.7. The molecular weight excluding hydrogens is 495 g/mol. The molecule has 1 aliphatic heterocycles. The van der Waals surface area contributed by atoms with Crippen LogP contribution in [0.5, 0.6) is 5.75 Å². The van der Waals surface area contributed by atoms with Crippen LogP contribution in [0.1, 0.15) is 17.4 Å². The third kappa shape index (κ3) is 4.96. The number of aryl methyl sites for hydroxylation is 1. The van der Waals surface area contributed by atoms with Gasteiger partial charge in [0.15, 0.2) is 23.1 Å². The maximum Gasteiger partial charge on any atom is 0.408 e. The molecule has 1 saturated heterocycles. The highest BCUT2D eigenvalue weighted by molar-refractivity contribution is 6.00. The summed E-state index contributed by atoms with van der Waals surface area (Å²) in [5.41, 5.74) is 1.06. The molecule has 0 aliphatic carbocycles. The molecule has 3 aromatic rings. The summed E-state index contributed by atoms with van der Waals surface area (Å²) in [5.74, 6) is 0.198. The molecular formula is C22H24F3N9O3. The highest BCUT2D eigenvalue weighted by atomic mass is 19.4. The molecule has 15 heteroatoms. The average molecular weight is 519 g/mol. The average Bonchev–Trinajstić information content (AvgIpc) is 3.47. The molecule has 0 radical (unpaired) electrons. The second-order valence-corrected chi connectivity index (χ2v) is 8.14. The minimum Gasteiger partial charge on any atom is -0.494 e. The smallest absolute Gasteiger partial charge is 0.408 e. The van der Waals surface area contributed by atoms with Crippen molar-refractivity contribution < 1.29 is 27.5 Å². The molecule has 1 atom stereocenters. The first-order valence-corrected chi connectivity index (χ1v) is 11.1. The van der Waals surface area contributed by atoms with Crippen LogP contribution in [0.15, 0.2) is 30.6 Å². The Balaban J connectivity index is 1.71. The molecule has 2 N–H and O–H groups in total. The quantitative estimate of drug-likeness (QED) is 0.487. The molecule has 1 aromatic carbocycles. The van der Waals surface area contributed by atoms with E-state index in [4.69, 9.17) is 4.74 Å². The van der Waals surface area contributed by atoms with E-state index >= 15 is 0 Å². The second kappa shape index (κ2) is 9.91. The predicted molar refractivity (Wildman–Crippen MR) is 127 cm³/mol. The summed E-state index contributed by atoms with van der Waals surface area (Å²) in [6.45, 7) is 0.745. The zero-order valence-corrected chi connectivity index (χ0v) is 20.4. The molecule has 196 valence electrons. The third-order valence-electron chi connectivity index (χ3n) is 5.81. The van der Waals surface area contributed by atoms with Gasteiger partial charge in [0.25, 0.3) is 5.91 Å². The molecule has 1 fully saturated rings. The van der Waals surface area contributed by atoms with Gasteiger partial charge in [0.1, 0.15) is 12.4 Å². The van der Waals surface area contributed by atoms with E-state index in [-0.39, 0.29) is 30.3 Å². The fourth-order valence-corrected chi connectivity index (χ4v) is 3.84. The summed E-state index contributed by atoms with van der Waals surface area (Å²) in [5, 5.41) is 17.7. The number of alkyl halides is 3. The predicted octanol–water partition coefficient (Wildman–Crippen LogP) is 2.58. The summed E-state index contributed by atoms with van der Waals surface area (Å²) in [4.78, 5) is 31.3. The van der Waals surface area contributed by atoms with Crippen LogP contribution >= 0.6 is 0 Å². The van der Waals surface area contributed by atoms with E-state index in [9.17, 15) is 22.8 Å². The van der Waals surface area contributed by atoms with Crippen molar-refractivity contribution in [2.45, 2.75) is 19.1 Å². The van der Waals surface area contributed by atoms with Crippen molar-refractivity contribution in [3.63, 3.8) is 0 Å². The zero-order valence-electron chi connectivity index (χ0n) is 20.4. The molecule has 12 nitrogen and oxygen atoms in total. The minimum atomic E-state index is -4.57. The van der Waals surface area contributed by atoms with Crippen LogP contribution < -0.4 is 20.3 Å². The van der Waals surface area contributed by atoms with Gasteiger partial charge in [0, 0.05) is 33.3 Å². The molecule has 1 aliphatic rings. The number of nitrogens with zero attached hydrogens (tertiary/aromatic N) is 7. The first-order chi connectivity index (χ1) is 17.5. The van der Waals surface area contributed by atoms with Gasteiger partial charge in [-0.15, -0.1) is 10.2 Å². The Labute approximate surface area is 209 Å². The maximum atomic E-state index is 13.2. The van der Waals surface area contributed by atoms with Gasteiger partial charge in [-0.1, -0.05) is 6.07 Å². The second-order valence-electron chi connectivity index (χ2n) is 8.14. The van der Waals surface area contributed by atoms with Gasteiger partial charge in [0.2, 0.25) is 0 Å². The van der Waals surface area contributed by atoms with E-state index in [0.717, 1.165) is 11.8 Å². The van der Waals surface area contributed by atoms with E-state index in [0.29, 0.717) is 27.7 Å². The van der Waals surface area contributed by atoms with E-state index in [2.05, 4.69) is 30.9 Å². The number of carbonyl (C=O) groups is 2. The lowest BCUT2D eigenvalue weighted by atomic mass is 10.1. The van der Waals surface area contributed by atoms with Gasteiger partial charge in [-0.2, -0.15) is 18.3 Å². The number of para-hydroxylation sites is 1. The van der Waals surface area contributed by atoms with E-state index < -0.39 is 24.2 Å². The van der Waals surface area contributed by atoms with Crippen molar-refractivity contribution in [2.24, 2.45) is 7.05 Å². The number of amides is 3. The standard InChI is InChI=1S/C22H24F3N9O3/c1-12(22(23,24)25)33-8-9-34(21(33)36)16-10-15(17(30-29-16)20(35)26-2)28-14-7-5-6-13(18(14)37-4)19-27-11-32(3)31-19/h5-7,10-12H,8-9H2,1-4H3,(H,26,35)(H,28,29). The number of aromatic nitrogens is 5. The highest BCUT2D eigenvalue weighted by Gasteiger charge is 2.46. The molecule has 3 heterocycles. The Bertz CT molecular complexity index is 1330. The van der Waals surface area contributed by atoms with E-state index in [1.165, 1.54) is 31.2 Å². The molecule has 0 saturated carbocycles. The van der Waals surface area contributed by atoms with Crippen LogP contribution in [0.3, 0.4) is 0 Å². The number of halogens is 3. The Kier molecular flexibility index (Phi) is 6.87. The van der Waals surface area contributed by atoms with Gasteiger partial charge in [-0.3, -0.25) is 14.4 Å². The summed E-state index contributed by atoms with van der Waals surface area (Å²) in [6.07, 6.45) is -3.04. The van der Waals surface area contributed by atoms with Crippen molar-refractivity contribution in [2.75, 3.05) is 37.5 Å². The van der Waals surface area contributed by atoms with Crippen LogP contribution in [-0.4, -0.2) is 81.3 Å². The first-order valence-electron chi connectivity index (χ1n) is 11.1. The zero-order chi connectivity index (χ0) is 26.9. The lowest BCUT2D eigenvalue weighted by molar-refractivity contribution is -0.169. The minimum absolute atomic E-state index is 0.0152. The van der Waals surface area contributed by atoms with Crippen LogP contribution in [0.25, 0.3) is 11.4 Å². The number of methoxy groups -OCH3 is 1. The van der Waals surface area contributed by atoms with Gasteiger partial charge < -0.3 is 20.3 Å². The first kappa shape index (κ1) is 25.7. The SMILES string of the molecule is CNC(=O)c1nnc(N2CCN(C(C)C(F)(F)F)C2=O)cc1Nc1cccc(-c2ncn(C)n2)c1OC. The van der Waals surface area contributed by atoms with Gasteiger partial charge in [-0.25, -0.2) is 9.78 Å². The number of anilines is 3. The largest absolute Gasteiger partial charge is 0.494 e. The van der Waals surface area contributed by atoms with Crippen LogP contribution in [0, 0.1) is 0 Å². The lowest BCUT2D eigenvalue weighted by Crippen LogP contribution is -2.46. The van der Waals surface area contributed by atoms with Gasteiger partial charge in [-0.05, 0) is 19.1 Å². The Morgan fingerprint density at radius 2 is 1.95 bits per heavy atom. The molecule has 37 heavy (non-hydrogen) atoms. The van der Waals surface area contributed by atoms with Crippen LogP contribution in [-0.2, 0) is 7.05 Å². The van der Waals surface area contributed by atoms with Crippen molar-refractivity contribution >= 4 is 29.1 Å². The Morgan fingerprint density at radius 3 is 2.57 bits per heavy atom. The fourth-order valence-electron chi connectivity index (χ4n) is 3.84. The fraction of sp³-hybridized carbons (Fsp3) is 0.364. The van der Waals surface area contributed by atoms with Gasteiger partial charge in [0.05, 0.1) is 24.0 Å². The summed E-state index contributed by atoms with van der Waals surface area (Å²) in [7, 11) is 4.60. The number of urea groups is 1. The molecule has 4 rings (SSSR count). The molecule has 0 bridgehead atoms. The highest BCUT2D eigenvalue weighted by Crippen LogP contribution is 2.37. The topological polar surface area (TPSA) is 130 Å². The maximum absolute atomic E-state index is 13.2. The number of hydrogen-bond donors (Lipinski definition) is 2.